The normalized spacial score (nSPS) is 22.0. The number of morpholine rings is 2. The average molecular weight is 508 g/mol. The Bertz CT molecular complexity index is 1040. The highest BCUT2D eigenvalue weighted by Crippen LogP contribution is 2.37. The van der Waals surface area contributed by atoms with Gasteiger partial charge in [0.25, 0.3) is 0 Å². The summed E-state index contributed by atoms with van der Waals surface area (Å²) in [5, 5.41) is 0. The molecular weight excluding hydrogens is 462 g/mol. The zero-order chi connectivity index (χ0) is 26.4. The number of aryl methyl sites for hydroxylation is 2. The molecular formula is C30H45N5O2. The third-order valence-corrected chi connectivity index (χ3v) is 7.62. The first-order valence-electron chi connectivity index (χ1n) is 13.9. The van der Waals surface area contributed by atoms with E-state index in [1.807, 2.05) is 6.20 Å². The highest BCUT2D eigenvalue weighted by Gasteiger charge is 2.35. The number of nitrogens with zero attached hydrogens (tertiary/aromatic N) is 4. The predicted octanol–water partition coefficient (Wildman–Crippen LogP) is 4.36. The molecule has 0 amide bonds. The third-order valence-electron chi connectivity index (χ3n) is 7.62. The summed E-state index contributed by atoms with van der Waals surface area (Å²) in [4.78, 5) is 15.5. The molecule has 0 aliphatic carbocycles. The quantitative estimate of drug-likeness (QED) is 0.562. The minimum atomic E-state index is 0.229. The maximum atomic E-state index is 6.11. The van der Waals surface area contributed by atoms with Gasteiger partial charge < -0.3 is 29.2 Å². The van der Waals surface area contributed by atoms with E-state index in [1.165, 1.54) is 35.3 Å². The van der Waals surface area contributed by atoms with E-state index in [0.29, 0.717) is 18.6 Å². The molecule has 0 aromatic carbocycles. The second-order valence-electron chi connectivity index (χ2n) is 10.9. The molecule has 3 aliphatic heterocycles. The van der Waals surface area contributed by atoms with Crippen LogP contribution < -0.4 is 9.80 Å². The van der Waals surface area contributed by atoms with Crippen molar-refractivity contribution in [2.24, 2.45) is 0 Å². The predicted molar refractivity (Wildman–Crippen MR) is 152 cm³/mol. The molecule has 3 fully saturated rings. The first-order chi connectivity index (χ1) is 17.9. The molecule has 0 radical (unpaired) electrons. The number of hydrogen-bond donors (Lipinski definition) is 1. The molecule has 7 nitrogen and oxygen atoms in total. The first kappa shape index (κ1) is 27.5. The highest BCUT2D eigenvalue weighted by molar-refractivity contribution is 5.63. The fraction of sp³-hybridized carbons (Fsp3) is 0.633. The van der Waals surface area contributed by atoms with Gasteiger partial charge in [-0.2, -0.15) is 0 Å². The Morgan fingerprint density at radius 2 is 1.89 bits per heavy atom. The van der Waals surface area contributed by atoms with Crippen LogP contribution in [0, 0.1) is 19.3 Å². The van der Waals surface area contributed by atoms with E-state index in [9.17, 15) is 0 Å². The van der Waals surface area contributed by atoms with Gasteiger partial charge >= 0.3 is 0 Å². The van der Waals surface area contributed by atoms with Crippen molar-refractivity contribution < 1.29 is 9.47 Å². The fourth-order valence-corrected chi connectivity index (χ4v) is 5.63. The summed E-state index contributed by atoms with van der Waals surface area (Å²) in [5.74, 6) is 4.14. The Morgan fingerprint density at radius 1 is 1.19 bits per heavy atom. The summed E-state index contributed by atoms with van der Waals surface area (Å²) in [7, 11) is 4.25. The van der Waals surface area contributed by atoms with Crippen molar-refractivity contribution in [1.82, 2.24) is 14.9 Å². The molecule has 0 saturated carbocycles. The highest BCUT2D eigenvalue weighted by atomic mass is 16.5. The number of ether oxygens (including phenoxy) is 2. The Labute approximate surface area is 223 Å². The summed E-state index contributed by atoms with van der Waals surface area (Å²) in [5.41, 5.74) is 6.50. The van der Waals surface area contributed by atoms with Crippen molar-refractivity contribution in [2.75, 3.05) is 63.3 Å². The van der Waals surface area contributed by atoms with Crippen LogP contribution in [0.3, 0.4) is 0 Å². The van der Waals surface area contributed by atoms with E-state index < -0.39 is 0 Å². The van der Waals surface area contributed by atoms with E-state index in [4.69, 9.17) is 20.9 Å². The lowest BCUT2D eigenvalue weighted by atomic mass is 9.96. The summed E-state index contributed by atoms with van der Waals surface area (Å²) in [6.07, 6.45) is 12.5. The van der Waals surface area contributed by atoms with E-state index in [2.05, 4.69) is 72.6 Å². The maximum absolute atomic E-state index is 6.11. The fourth-order valence-electron chi connectivity index (χ4n) is 5.63. The Kier molecular flexibility index (Phi) is 9.53. The average Bonchev–Trinajstić information content (AvgIpc) is 3.47. The summed E-state index contributed by atoms with van der Waals surface area (Å²) in [6.45, 7) is 12.6. The number of pyridine rings is 1. The lowest BCUT2D eigenvalue weighted by molar-refractivity contribution is 0.0304. The third kappa shape index (κ3) is 6.87. The Hall–Kier alpha value is -2.53. The zero-order valence-electron chi connectivity index (χ0n) is 23.4. The Morgan fingerprint density at radius 3 is 2.43 bits per heavy atom. The van der Waals surface area contributed by atoms with E-state index in [1.54, 1.807) is 0 Å². The van der Waals surface area contributed by atoms with E-state index >= 15 is 0 Å². The van der Waals surface area contributed by atoms with Gasteiger partial charge in [0, 0.05) is 74.3 Å². The summed E-state index contributed by atoms with van der Waals surface area (Å²) >= 11 is 0. The molecule has 1 N–H and O–H groups in total. The van der Waals surface area contributed by atoms with Crippen molar-refractivity contribution in [2.45, 2.75) is 71.1 Å². The topological polar surface area (TPSA) is 56.9 Å². The van der Waals surface area contributed by atoms with Crippen LogP contribution in [-0.4, -0.2) is 80.6 Å². The van der Waals surface area contributed by atoms with Gasteiger partial charge in [0.2, 0.25) is 0 Å². The number of nitrogens with one attached hydrogen (secondary N) is 1. The molecule has 202 valence electrons. The minimum absolute atomic E-state index is 0.229. The minimum Gasteiger partial charge on any atom is -0.378 e. The number of aromatic nitrogens is 2. The molecule has 37 heavy (non-hydrogen) atoms. The van der Waals surface area contributed by atoms with Crippen molar-refractivity contribution in [3.63, 3.8) is 0 Å². The van der Waals surface area contributed by atoms with Crippen LogP contribution in [0.25, 0.3) is 0 Å². The lowest BCUT2D eigenvalue weighted by Crippen LogP contribution is -2.44. The second-order valence-corrected chi connectivity index (χ2v) is 10.9. The van der Waals surface area contributed by atoms with E-state index in [-0.39, 0.29) is 5.92 Å². The summed E-state index contributed by atoms with van der Waals surface area (Å²) < 4.78 is 11.7. The molecule has 7 heteroatoms. The van der Waals surface area contributed by atoms with E-state index in [0.717, 1.165) is 63.9 Å². The number of aromatic amines is 1. The molecule has 2 bridgehead atoms. The number of rotatable bonds is 7. The number of fused-ring (bicyclic) bond motifs is 2. The number of anilines is 2. The van der Waals surface area contributed by atoms with Crippen LogP contribution in [0.15, 0.2) is 18.3 Å². The van der Waals surface area contributed by atoms with Crippen molar-refractivity contribution in [3.8, 4) is 12.3 Å². The van der Waals surface area contributed by atoms with Crippen molar-refractivity contribution >= 4 is 11.5 Å². The van der Waals surface area contributed by atoms with Gasteiger partial charge in [-0.15, -0.1) is 12.3 Å². The SMILES string of the molecule is C#CCC(C)c1nc(N2CCOCC2)cc(N2CC3CCC(C2)O3)c1CN(C)C.CCc1[nH]ccc1C. The standard InChI is InChI=1S/C23H34N4O2.C7H11N/c1-5-6-17(2)23-20(16-25(3)4)21(27-14-18-7-8-19(15-27)29-18)13-22(24-23)26-9-11-28-12-10-26;1-3-7-6(2)4-5-8-7/h1,13,17-19H,6-12,14-16H2,2-4H3;4-5,8H,3H2,1-2H3. The zero-order valence-corrected chi connectivity index (χ0v) is 23.4. The van der Waals surface area contributed by atoms with Gasteiger partial charge in [0.15, 0.2) is 0 Å². The van der Waals surface area contributed by atoms with Gasteiger partial charge in [-0.3, -0.25) is 0 Å². The lowest BCUT2D eigenvalue weighted by Gasteiger charge is -2.37. The molecule has 5 heterocycles. The molecule has 2 aromatic rings. The molecule has 3 atom stereocenters. The monoisotopic (exact) mass is 507 g/mol. The number of H-pyrrole nitrogens is 1. The van der Waals surface area contributed by atoms with Crippen LogP contribution in [0.1, 0.15) is 61.5 Å². The largest absolute Gasteiger partial charge is 0.378 e. The molecule has 3 unspecified atom stereocenters. The smallest absolute Gasteiger partial charge is 0.131 e. The van der Waals surface area contributed by atoms with Gasteiger partial charge in [0.05, 0.1) is 31.1 Å². The molecule has 0 spiro atoms. The summed E-state index contributed by atoms with van der Waals surface area (Å²) in [6, 6.07) is 4.40. The van der Waals surface area contributed by atoms with Gasteiger partial charge in [-0.25, -0.2) is 4.98 Å². The van der Waals surface area contributed by atoms with Crippen LogP contribution in [0.2, 0.25) is 0 Å². The van der Waals surface area contributed by atoms with Gasteiger partial charge in [-0.1, -0.05) is 13.8 Å². The van der Waals surface area contributed by atoms with Gasteiger partial charge in [0.1, 0.15) is 5.82 Å². The van der Waals surface area contributed by atoms with Crippen molar-refractivity contribution in [1.29, 1.82) is 0 Å². The van der Waals surface area contributed by atoms with Gasteiger partial charge in [-0.05, 0) is 51.9 Å². The molecule has 2 aromatic heterocycles. The molecule has 3 saturated heterocycles. The molecule has 5 rings (SSSR count). The first-order valence-corrected chi connectivity index (χ1v) is 13.9. The maximum Gasteiger partial charge on any atom is 0.131 e. The molecule has 3 aliphatic rings. The van der Waals surface area contributed by atoms with Crippen LogP contribution in [0.5, 0.6) is 0 Å². The number of terminal acetylenes is 1. The Balaban J connectivity index is 0.000000342. The van der Waals surface area contributed by atoms with Crippen LogP contribution in [-0.2, 0) is 22.4 Å². The van der Waals surface area contributed by atoms with Crippen LogP contribution in [0.4, 0.5) is 11.5 Å². The van der Waals surface area contributed by atoms with Crippen LogP contribution >= 0.6 is 0 Å². The number of hydrogen-bond acceptors (Lipinski definition) is 6. The second kappa shape index (κ2) is 12.8. The van der Waals surface area contributed by atoms with Crippen molar-refractivity contribution in [3.05, 3.63) is 40.8 Å².